The fraction of sp³-hybridized carbons (Fsp3) is 0.364. The number of hydrogen-bond acceptors (Lipinski definition) is 4. The van der Waals surface area contributed by atoms with Gasteiger partial charge >= 0.3 is 5.97 Å². The average molecular weight is 243 g/mol. The second kappa shape index (κ2) is 5.72. The topological polar surface area (TPSA) is 78.3 Å². The van der Waals surface area contributed by atoms with Gasteiger partial charge in [-0.3, -0.25) is 4.79 Å². The summed E-state index contributed by atoms with van der Waals surface area (Å²) in [7, 11) is 0. The van der Waals surface area contributed by atoms with Crippen molar-refractivity contribution in [1.82, 2.24) is 0 Å². The van der Waals surface area contributed by atoms with Gasteiger partial charge in [-0.25, -0.2) is 0 Å². The van der Waals surface area contributed by atoms with Gasteiger partial charge < -0.3 is 16.2 Å². The van der Waals surface area contributed by atoms with Crippen molar-refractivity contribution in [2.24, 2.45) is 5.73 Å². The van der Waals surface area contributed by atoms with E-state index in [9.17, 15) is 4.79 Å². The van der Waals surface area contributed by atoms with Crippen molar-refractivity contribution >= 4 is 23.3 Å². The minimum absolute atomic E-state index is 0.328. The smallest absolute Gasteiger partial charge is 0.323 e. The molecule has 4 N–H and O–H groups in total. The largest absolute Gasteiger partial charge is 0.465 e. The Hall–Kier alpha value is -1.26. The average Bonchev–Trinajstić information content (AvgIpc) is 2.24. The summed E-state index contributed by atoms with van der Waals surface area (Å²) in [5, 5.41) is 0.466. The summed E-state index contributed by atoms with van der Waals surface area (Å²) in [6.45, 7) is 2.07. The molecule has 0 fully saturated rings. The van der Waals surface area contributed by atoms with Gasteiger partial charge in [0.15, 0.2) is 0 Å². The number of carbonyl (C=O) groups excluding carboxylic acids is 1. The summed E-state index contributed by atoms with van der Waals surface area (Å²) >= 11 is 5.86. The molecule has 4 nitrogen and oxygen atoms in total. The Morgan fingerprint density at radius 1 is 1.56 bits per heavy atom. The number of rotatable bonds is 4. The molecule has 0 aliphatic carbocycles. The molecule has 0 aliphatic rings. The Kier molecular flexibility index (Phi) is 4.58. The molecule has 0 heterocycles. The zero-order chi connectivity index (χ0) is 12.1. The molecule has 1 aromatic carbocycles. The SMILES string of the molecule is CCOC(=O)C(N)Cc1ccc(N)c(Cl)c1. The standard InChI is InChI=1S/C11H15ClN2O2/c1-2-16-11(15)10(14)6-7-3-4-9(13)8(12)5-7/h3-5,10H,2,6,13-14H2,1H3. The van der Waals surface area contributed by atoms with E-state index in [1.165, 1.54) is 0 Å². The molecule has 0 radical (unpaired) electrons. The highest BCUT2D eigenvalue weighted by Gasteiger charge is 2.15. The van der Waals surface area contributed by atoms with E-state index in [-0.39, 0.29) is 0 Å². The van der Waals surface area contributed by atoms with E-state index in [4.69, 9.17) is 27.8 Å². The van der Waals surface area contributed by atoms with Gasteiger partial charge in [0.1, 0.15) is 6.04 Å². The number of ether oxygens (including phenoxy) is 1. The second-order valence-electron chi connectivity index (χ2n) is 3.42. The van der Waals surface area contributed by atoms with Crippen LogP contribution in [-0.2, 0) is 16.0 Å². The number of esters is 1. The van der Waals surface area contributed by atoms with E-state index in [2.05, 4.69) is 0 Å². The lowest BCUT2D eigenvalue weighted by atomic mass is 10.1. The monoisotopic (exact) mass is 242 g/mol. The van der Waals surface area contributed by atoms with Gasteiger partial charge in [-0.2, -0.15) is 0 Å². The van der Waals surface area contributed by atoms with Gasteiger partial charge in [0.25, 0.3) is 0 Å². The Labute approximate surface area is 99.5 Å². The van der Waals surface area contributed by atoms with Crippen LogP contribution in [0.2, 0.25) is 5.02 Å². The zero-order valence-electron chi connectivity index (χ0n) is 9.07. The van der Waals surface area contributed by atoms with Gasteiger partial charge in [0, 0.05) is 0 Å². The molecular weight excluding hydrogens is 228 g/mol. The van der Waals surface area contributed by atoms with Crippen molar-refractivity contribution in [3.05, 3.63) is 28.8 Å². The van der Waals surface area contributed by atoms with Crippen LogP contribution in [0.5, 0.6) is 0 Å². The van der Waals surface area contributed by atoms with Crippen molar-refractivity contribution < 1.29 is 9.53 Å². The number of nitrogen functional groups attached to an aromatic ring is 1. The van der Waals surface area contributed by atoms with Crippen LogP contribution >= 0.6 is 11.6 Å². The highest BCUT2D eigenvalue weighted by Crippen LogP contribution is 2.20. The molecule has 5 heteroatoms. The Balaban J connectivity index is 2.66. The van der Waals surface area contributed by atoms with Crippen LogP contribution in [0.1, 0.15) is 12.5 Å². The molecule has 0 saturated heterocycles. The fourth-order valence-electron chi connectivity index (χ4n) is 1.28. The first-order valence-electron chi connectivity index (χ1n) is 5.00. The predicted octanol–water partition coefficient (Wildman–Crippen LogP) is 1.36. The minimum Gasteiger partial charge on any atom is -0.465 e. The Morgan fingerprint density at radius 3 is 2.81 bits per heavy atom. The first-order valence-corrected chi connectivity index (χ1v) is 5.38. The highest BCUT2D eigenvalue weighted by atomic mass is 35.5. The van der Waals surface area contributed by atoms with Gasteiger partial charge in [-0.1, -0.05) is 17.7 Å². The van der Waals surface area contributed by atoms with Gasteiger partial charge in [-0.15, -0.1) is 0 Å². The molecule has 16 heavy (non-hydrogen) atoms. The van der Waals surface area contributed by atoms with E-state index in [0.717, 1.165) is 5.56 Å². The molecule has 0 spiro atoms. The summed E-state index contributed by atoms with van der Waals surface area (Å²) in [4.78, 5) is 11.3. The molecule has 1 aromatic rings. The minimum atomic E-state index is -0.667. The maximum absolute atomic E-state index is 11.3. The van der Waals surface area contributed by atoms with E-state index < -0.39 is 12.0 Å². The molecule has 1 unspecified atom stereocenters. The zero-order valence-corrected chi connectivity index (χ0v) is 9.83. The molecule has 88 valence electrons. The van der Waals surface area contributed by atoms with Gasteiger partial charge in [0.2, 0.25) is 0 Å². The van der Waals surface area contributed by atoms with E-state index in [0.29, 0.717) is 23.7 Å². The molecule has 0 bridgehead atoms. The molecule has 0 aromatic heterocycles. The van der Waals surface area contributed by atoms with Crippen molar-refractivity contribution in [3.63, 3.8) is 0 Å². The van der Waals surface area contributed by atoms with Crippen LogP contribution in [0.4, 0.5) is 5.69 Å². The Morgan fingerprint density at radius 2 is 2.25 bits per heavy atom. The van der Waals surface area contributed by atoms with Crippen LogP contribution in [0.15, 0.2) is 18.2 Å². The van der Waals surface area contributed by atoms with Crippen molar-refractivity contribution in [3.8, 4) is 0 Å². The van der Waals surface area contributed by atoms with Crippen molar-refractivity contribution in [2.75, 3.05) is 12.3 Å². The molecule has 1 rings (SSSR count). The van der Waals surface area contributed by atoms with Gasteiger partial charge in [-0.05, 0) is 31.0 Å². The number of anilines is 1. The maximum Gasteiger partial charge on any atom is 0.323 e. The first-order chi connectivity index (χ1) is 7.54. The first kappa shape index (κ1) is 12.8. The second-order valence-corrected chi connectivity index (χ2v) is 3.83. The quantitative estimate of drug-likeness (QED) is 0.617. The maximum atomic E-state index is 11.3. The molecule has 0 aliphatic heterocycles. The predicted molar refractivity (Wildman–Crippen MR) is 64.2 cm³/mol. The summed E-state index contributed by atoms with van der Waals surface area (Å²) in [5.74, 6) is -0.407. The van der Waals surface area contributed by atoms with Crippen molar-refractivity contribution in [2.45, 2.75) is 19.4 Å². The number of benzene rings is 1. The van der Waals surface area contributed by atoms with Crippen LogP contribution in [0, 0.1) is 0 Å². The van der Waals surface area contributed by atoms with E-state index in [1.807, 2.05) is 0 Å². The summed E-state index contributed by atoms with van der Waals surface area (Å²) in [6.07, 6.45) is 0.388. The summed E-state index contributed by atoms with van der Waals surface area (Å²) in [5.41, 5.74) is 12.6. The molecule has 0 saturated carbocycles. The number of carbonyl (C=O) groups is 1. The Bertz CT molecular complexity index is 382. The third-order valence-electron chi connectivity index (χ3n) is 2.11. The third-order valence-corrected chi connectivity index (χ3v) is 2.44. The van der Waals surface area contributed by atoms with Crippen LogP contribution < -0.4 is 11.5 Å². The van der Waals surface area contributed by atoms with Crippen molar-refractivity contribution in [1.29, 1.82) is 0 Å². The number of nitrogens with two attached hydrogens (primary N) is 2. The fourth-order valence-corrected chi connectivity index (χ4v) is 1.49. The lowest BCUT2D eigenvalue weighted by molar-refractivity contribution is -0.144. The lowest BCUT2D eigenvalue weighted by Gasteiger charge is -2.11. The summed E-state index contributed by atoms with van der Waals surface area (Å²) < 4.78 is 4.81. The normalized spacial score (nSPS) is 12.2. The van der Waals surface area contributed by atoms with Crippen LogP contribution in [0.3, 0.4) is 0 Å². The number of hydrogen-bond donors (Lipinski definition) is 2. The molecule has 0 amide bonds. The molecule has 1 atom stereocenters. The van der Waals surface area contributed by atoms with E-state index in [1.54, 1.807) is 25.1 Å². The molecular formula is C11H15ClN2O2. The lowest BCUT2D eigenvalue weighted by Crippen LogP contribution is -2.34. The summed E-state index contributed by atoms with van der Waals surface area (Å²) in [6, 6.07) is 4.52. The highest BCUT2D eigenvalue weighted by molar-refractivity contribution is 6.33. The third kappa shape index (κ3) is 3.40. The van der Waals surface area contributed by atoms with E-state index >= 15 is 0 Å². The van der Waals surface area contributed by atoms with Crippen LogP contribution in [0.25, 0.3) is 0 Å². The van der Waals surface area contributed by atoms with Gasteiger partial charge in [0.05, 0.1) is 17.3 Å². The number of halogens is 1. The van der Waals surface area contributed by atoms with Crippen LogP contribution in [-0.4, -0.2) is 18.6 Å².